The van der Waals surface area contributed by atoms with E-state index in [9.17, 15) is 9.18 Å². The molecule has 0 aliphatic rings. The molecule has 0 aliphatic heterocycles. The molecule has 2 aromatic carbocycles. The summed E-state index contributed by atoms with van der Waals surface area (Å²) >= 11 is 0. The van der Waals surface area contributed by atoms with E-state index in [2.05, 4.69) is 5.32 Å². The van der Waals surface area contributed by atoms with Crippen molar-refractivity contribution in [3.63, 3.8) is 0 Å². The van der Waals surface area contributed by atoms with Crippen molar-refractivity contribution in [3.8, 4) is 6.07 Å². The number of ether oxygens (including phenoxy) is 1. The third-order valence-electron chi connectivity index (χ3n) is 2.79. The summed E-state index contributed by atoms with van der Waals surface area (Å²) in [6.07, 6.45) is -0.727. The number of alkyl carbamates (subject to hydrolysis) is 1. The van der Waals surface area contributed by atoms with Crippen LogP contribution >= 0.6 is 0 Å². The number of nitrogens with zero attached hydrogens (tertiary/aromatic N) is 1. The first-order chi connectivity index (χ1) is 10.2. The first kappa shape index (κ1) is 14.5. The fourth-order valence-corrected chi connectivity index (χ4v) is 1.76. The number of carbonyl (C=O) groups is 1. The molecule has 1 atom stereocenters. The molecule has 0 saturated carbocycles. The van der Waals surface area contributed by atoms with Gasteiger partial charge in [0.2, 0.25) is 0 Å². The highest BCUT2D eigenvalue weighted by Crippen LogP contribution is 2.13. The number of halogens is 1. The van der Waals surface area contributed by atoms with E-state index >= 15 is 0 Å². The van der Waals surface area contributed by atoms with Crippen molar-refractivity contribution in [2.75, 3.05) is 0 Å². The van der Waals surface area contributed by atoms with Crippen LogP contribution in [0, 0.1) is 17.1 Å². The Morgan fingerprint density at radius 2 is 2.00 bits per heavy atom. The average Bonchev–Trinajstić information content (AvgIpc) is 2.51. The number of benzene rings is 2. The monoisotopic (exact) mass is 284 g/mol. The van der Waals surface area contributed by atoms with E-state index in [1.54, 1.807) is 6.07 Å². The van der Waals surface area contributed by atoms with Crippen LogP contribution in [0.2, 0.25) is 0 Å². The zero-order chi connectivity index (χ0) is 15.1. The lowest BCUT2D eigenvalue weighted by atomic mass is 10.1. The molecule has 0 aliphatic carbocycles. The van der Waals surface area contributed by atoms with E-state index in [1.807, 2.05) is 36.4 Å². The van der Waals surface area contributed by atoms with Crippen LogP contribution in [0.25, 0.3) is 0 Å². The predicted octanol–water partition coefficient (Wildman–Crippen LogP) is 3.32. The van der Waals surface area contributed by atoms with Gasteiger partial charge in [-0.25, -0.2) is 9.18 Å². The first-order valence-corrected chi connectivity index (χ1v) is 6.31. The lowest BCUT2D eigenvalue weighted by molar-refractivity contribution is 0.137. The molecule has 0 bridgehead atoms. The van der Waals surface area contributed by atoms with E-state index in [0.29, 0.717) is 5.56 Å². The Kier molecular flexibility index (Phi) is 4.89. The number of nitriles is 1. The van der Waals surface area contributed by atoms with E-state index in [1.165, 1.54) is 18.2 Å². The molecule has 0 spiro atoms. The highest BCUT2D eigenvalue weighted by Gasteiger charge is 2.15. The Bertz CT molecular complexity index is 653. The van der Waals surface area contributed by atoms with Gasteiger partial charge in [0.05, 0.1) is 6.07 Å². The Morgan fingerprint density at radius 1 is 1.24 bits per heavy atom. The summed E-state index contributed by atoms with van der Waals surface area (Å²) in [6.45, 7) is 0.105. The molecule has 106 valence electrons. The smallest absolute Gasteiger partial charge is 0.408 e. The second-order valence-corrected chi connectivity index (χ2v) is 4.32. The molecule has 0 fully saturated rings. The first-order valence-electron chi connectivity index (χ1n) is 6.31. The Morgan fingerprint density at radius 3 is 2.67 bits per heavy atom. The number of hydrogen-bond acceptors (Lipinski definition) is 3. The summed E-state index contributed by atoms with van der Waals surface area (Å²) in [5, 5.41) is 11.5. The van der Waals surface area contributed by atoms with Crippen LogP contribution in [-0.2, 0) is 11.3 Å². The molecular weight excluding hydrogens is 271 g/mol. The van der Waals surface area contributed by atoms with Gasteiger partial charge in [0.25, 0.3) is 0 Å². The summed E-state index contributed by atoms with van der Waals surface area (Å²) < 4.78 is 18.1. The van der Waals surface area contributed by atoms with Gasteiger partial charge < -0.3 is 10.1 Å². The summed E-state index contributed by atoms with van der Waals surface area (Å²) in [5.74, 6) is -0.466. The van der Waals surface area contributed by atoms with Gasteiger partial charge in [-0.15, -0.1) is 0 Å². The summed E-state index contributed by atoms with van der Waals surface area (Å²) in [6, 6.07) is 15.6. The molecule has 0 saturated heterocycles. The second kappa shape index (κ2) is 7.06. The molecule has 4 nitrogen and oxygen atoms in total. The van der Waals surface area contributed by atoms with Crippen molar-refractivity contribution in [2.45, 2.75) is 12.6 Å². The normalized spacial score (nSPS) is 11.2. The fraction of sp³-hybridized carbons (Fsp3) is 0.125. The van der Waals surface area contributed by atoms with Gasteiger partial charge in [0, 0.05) is 0 Å². The second-order valence-electron chi connectivity index (χ2n) is 4.32. The number of amides is 1. The van der Waals surface area contributed by atoms with Crippen LogP contribution in [-0.4, -0.2) is 6.09 Å². The van der Waals surface area contributed by atoms with Gasteiger partial charge in [-0.05, 0) is 23.3 Å². The van der Waals surface area contributed by atoms with Gasteiger partial charge in [-0.2, -0.15) is 5.26 Å². The highest BCUT2D eigenvalue weighted by atomic mass is 19.1. The largest absolute Gasteiger partial charge is 0.445 e. The number of rotatable bonds is 4. The average molecular weight is 284 g/mol. The minimum absolute atomic E-state index is 0.105. The summed E-state index contributed by atoms with van der Waals surface area (Å²) in [4.78, 5) is 11.7. The maximum absolute atomic E-state index is 13.1. The number of nitrogens with one attached hydrogen (secondary N) is 1. The molecule has 21 heavy (non-hydrogen) atoms. The van der Waals surface area contributed by atoms with Crippen molar-refractivity contribution >= 4 is 6.09 Å². The molecule has 1 amide bonds. The Hall–Kier alpha value is -2.87. The quantitative estimate of drug-likeness (QED) is 0.936. The number of carbonyl (C=O) groups excluding carboxylic acids is 1. The van der Waals surface area contributed by atoms with Crippen LogP contribution in [0.4, 0.5) is 9.18 Å². The minimum Gasteiger partial charge on any atom is -0.445 e. The van der Waals surface area contributed by atoms with E-state index in [4.69, 9.17) is 10.00 Å². The summed E-state index contributed by atoms with van der Waals surface area (Å²) in [7, 11) is 0. The molecule has 5 heteroatoms. The maximum atomic E-state index is 13.1. The molecule has 0 heterocycles. The SMILES string of the molecule is N#CC(NC(=O)OCc1ccccc1)c1cccc(F)c1. The standard InChI is InChI=1S/C16H13FN2O2/c17-14-8-4-7-13(9-14)15(10-18)19-16(20)21-11-12-5-2-1-3-6-12/h1-9,15H,11H2,(H,19,20). The fourth-order valence-electron chi connectivity index (χ4n) is 1.76. The Labute approximate surface area is 121 Å². The third kappa shape index (κ3) is 4.32. The van der Waals surface area contributed by atoms with Crippen LogP contribution in [0.5, 0.6) is 0 Å². The van der Waals surface area contributed by atoms with E-state index in [0.717, 1.165) is 5.56 Å². The third-order valence-corrected chi connectivity index (χ3v) is 2.79. The molecule has 0 aromatic heterocycles. The van der Waals surface area contributed by atoms with Crippen LogP contribution in [0.1, 0.15) is 17.2 Å². The topological polar surface area (TPSA) is 62.1 Å². The van der Waals surface area contributed by atoms with Gasteiger partial charge in [-0.3, -0.25) is 0 Å². The van der Waals surface area contributed by atoms with Crippen LogP contribution in [0.3, 0.4) is 0 Å². The van der Waals surface area contributed by atoms with Crippen molar-refractivity contribution < 1.29 is 13.9 Å². The van der Waals surface area contributed by atoms with E-state index in [-0.39, 0.29) is 6.61 Å². The van der Waals surface area contributed by atoms with Crippen LogP contribution in [0.15, 0.2) is 54.6 Å². The van der Waals surface area contributed by atoms with Gasteiger partial charge >= 0.3 is 6.09 Å². The van der Waals surface area contributed by atoms with Crippen molar-refractivity contribution in [2.24, 2.45) is 0 Å². The van der Waals surface area contributed by atoms with Crippen molar-refractivity contribution in [1.82, 2.24) is 5.32 Å². The molecule has 2 rings (SSSR count). The molecule has 2 aromatic rings. The predicted molar refractivity (Wildman–Crippen MR) is 74.5 cm³/mol. The summed E-state index contributed by atoms with van der Waals surface area (Å²) in [5.41, 5.74) is 1.21. The van der Waals surface area contributed by atoms with Crippen molar-refractivity contribution in [3.05, 3.63) is 71.5 Å². The van der Waals surface area contributed by atoms with Gasteiger partial charge in [-0.1, -0.05) is 42.5 Å². The Balaban J connectivity index is 1.93. The zero-order valence-electron chi connectivity index (χ0n) is 11.1. The van der Waals surface area contributed by atoms with Gasteiger partial charge in [0.1, 0.15) is 18.5 Å². The molecule has 1 N–H and O–H groups in total. The lowest BCUT2D eigenvalue weighted by Crippen LogP contribution is -2.28. The number of hydrogen-bond donors (Lipinski definition) is 1. The zero-order valence-corrected chi connectivity index (χ0v) is 11.1. The lowest BCUT2D eigenvalue weighted by Gasteiger charge is -2.12. The minimum atomic E-state index is -0.955. The molecular formula is C16H13FN2O2. The molecule has 0 radical (unpaired) electrons. The van der Waals surface area contributed by atoms with Crippen LogP contribution < -0.4 is 5.32 Å². The molecule has 1 unspecified atom stereocenters. The van der Waals surface area contributed by atoms with E-state index < -0.39 is 18.0 Å². The highest BCUT2D eigenvalue weighted by molar-refractivity contribution is 5.68. The van der Waals surface area contributed by atoms with Crippen molar-refractivity contribution in [1.29, 1.82) is 5.26 Å². The van der Waals surface area contributed by atoms with Gasteiger partial charge in [0.15, 0.2) is 0 Å². The maximum Gasteiger partial charge on any atom is 0.408 e.